The van der Waals surface area contributed by atoms with Crippen LogP contribution in [0.5, 0.6) is 0 Å². The molecule has 6 atom stereocenters. The van der Waals surface area contributed by atoms with Gasteiger partial charge in [-0.3, -0.25) is 14.5 Å². The quantitative estimate of drug-likeness (QED) is 0.259. The Kier molecular flexibility index (Phi) is 11.6. The number of esters is 1. The van der Waals surface area contributed by atoms with E-state index < -0.39 is 18.4 Å². The first-order valence-electron chi connectivity index (χ1n) is 16.1. The lowest BCUT2D eigenvalue weighted by molar-refractivity contribution is -0.276. The number of hydrogen-bond donors (Lipinski definition) is 2. The molecule has 46 heavy (non-hydrogen) atoms. The zero-order chi connectivity index (χ0) is 32.6. The molecule has 3 aromatic rings. The third-order valence-electron chi connectivity index (χ3n) is 9.07. The highest BCUT2D eigenvalue weighted by atomic mass is 16.7. The molecular formula is C37H46N2O7. The molecule has 2 heterocycles. The lowest BCUT2D eigenvalue weighted by Gasteiger charge is -2.43. The molecule has 2 N–H and O–H groups in total. The Balaban J connectivity index is 1.35. The monoisotopic (exact) mass is 630 g/mol. The predicted molar refractivity (Wildman–Crippen MR) is 174 cm³/mol. The van der Waals surface area contributed by atoms with Crippen molar-refractivity contribution in [2.75, 3.05) is 26.8 Å². The van der Waals surface area contributed by atoms with E-state index >= 15 is 0 Å². The average molecular weight is 631 g/mol. The Morgan fingerprint density at radius 3 is 2.43 bits per heavy atom. The lowest BCUT2D eigenvalue weighted by Crippen LogP contribution is -2.46. The number of ether oxygens (including phenoxy) is 4. The maximum atomic E-state index is 12.5. The van der Waals surface area contributed by atoms with Crippen LogP contribution in [-0.4, -0.2) is 66.9 Å². The van der Waals surface area contributed by atoms with Crippen molar-refractivity contribution in [1.82, 2.24) is 10.2 Å². The number of nitrogens with zero attached hydrogens (tertiary/aromatic N) is 1. The van der Waals surface area contributed by atoms with Gasteiger partial charge in [-0.15, -0.1) is 0 Å². The van der Waals surface area contributed by atoms with Crippen molar-refractivity contribution in [3.05, 3.63) is 95.1 Å². The van der Waals surface area contributed by atoms with Crippen molar-refractivity contribution in [3.8, 4) is 11.1 Å². The molecule has 0 spiro atoms. The van der Waals surface area contributed by atoms with Gasteiger partial charge in [-0.05, 0) is 54.1 Å². The van der Waals surface area contributed by atoms with Crippen LogP contribution in [0.3, 0.4) is 0 Å². The molecule has 0 unspecified atom stereocenters. The van der Waals surface area contributed by atoms with E-state index in [-0.39, 0.29) is 30.6 Å². The van der Waals surface area contributed by atoms with Gasteiger partial charge in [-0.2, -0.15) is 0 Å². The number of carbonyl (C=O) groups excluding carboxylic acids is 2. The molecule has 0 bridgehead atoms. The molecule has 2 saturated heterocycles. The van der Waals surface area contributed by atoms with Crippen LogP contribution in [-0.2, 0) is 41.7 Å². The van der Waals surface area contributed by atoms with E-state index in [2.05, 4.69) is 29.3 Å². The maximum Gasteiger partial charge on any atom is 0.303 e. The van der Waals surface area contributed by atoms with Crippen LogP contribution in [0.25, 0.3) is 11.1 Å². The molecule has 2 aliphatic rings. The molecule has 246 valence electrons. The first kappa shape index (κ1) is 33.8. The van der Waals surface area contributed by atoms with E-state index in [1.54, 1.807) is 14.0 Å². The third kappa shape index (κ3) is 8.21. The highest BCUT2D eigenvalue weighted by Crippen LogP contribution is 2.42. The SMILES string of the molecule is COC[C@@H]1CCCN1C[C@@H]1O[C@H](c2ccc(-c3ccccc3CNC(=O)[C@H](C)OC(C)=O)cc2)O[C@H](c2ccc(CO)cc2)[C@@H]1C. The Hall–Kier alpha value is -3.60. The van der Waals surface area contributed by atoms with Gasteiger partial charge in [0.05, 0.1) is 25.4 Å². The number of aliphatic hydroxyl groups excluding tert-OH is 1. The van der Waals surface area contributed by atoms with Crippen molar-refractivity contribution in [3.63, 3.8) is 0 Å². The lowest BCUT2D eigenvalue weighted by atomic mass is 9.89. The smallest absolute Gasteiger partial charge is 0.303 e. The summed E-state index contributed by atoms with van der Waals surface area (Å²) >= 11 is 0. The summed E-state index contributed by atoms with van der Waals surface area (Å²) < 4.78 is 23.9. The molecule has 2 aliphatic heterocycles. The second kappa shape index (κ2) is 15.8. The molecule has 0 aromatic heterocycles. The zero-order valence-electron chi connectivity index (χ0n) is 27.2. The molecular weight excluding hydrogens is 584 g/mol. The Morgan fingerprint density at radius 1 is 1.02 bits per heavy atom. The summed E-state index contributed by atoms with van der Waals surface area (Å²) in [6.07, 6.45) is 0.616. The summed E-state index contributed by atoms with van der Waals surface area (Å²) in [4.78, 5) is 26.2. The summed E-state index contributed by atoms with van der Waals surface area (Å²) in [6, 6.07) is 24.5. The first-order valence-corrected chi connectivity index (χ1v) is 16.1. The number of carbonyl (C=O) groups is 2. The molecule has 0 radical (unpaired) electrons. The fourth-order valence-electron chi connectivity index (χ4n) is 6.48. The number of methoxy groups -OCH3 is 1. The number of hydrogen-bond acceptors (Lipinski definition) is 8. The summed E-state index contributed by atoms with van der Waals surface area (Å²) in [5, 5.41) is 12.4. The van der Waals surface area contributed by atoms with Crippen LogP contribution in [0.4, 0.5) is 0 Å². The summed E-state index contributed by atoms with van der Waals surface area (Å²) in [6.45, 7) is 7.87. The van der Waals surface area contributed by atoms with Gasteiger partial charge in [0.1, 0.15) is 0 Å². The fraction of sp³-hybridized carbons (Fsp3) is 0.459. The van der Waals surface area contributed by atoms with Crippen LogP contribution >= 0.6 is 0 Å². The van der Waals surface area contributed by atoms with Gasteiger partial charge in [-0.1, -0.05) is 79.7 Å². The van der Waals surface area contributed by atoms with E-state index in [0.29, 0.717) is 19.2 Å². The molecule has 9 heteroatoms. The molecule has 2 fully saturated rings. The van der Waals surface area contributed by atoms with Gasteiger partial charge < -0.3 is 29.4 Å². The topological polar surface area (TPSA) is 107 Å². The van der Waals surface area contributed by atoms with Crippen molar-refractivity contribution in [2.45, 2.75) is 77.4 Å². The average Bonchev–Trinajstić information content (AvgIpc) is 3.51. The standard InChI is InChI=1S/C37H46N2O7/c1-24-34(21-39-19-7-9-32(39)23-43-4)45-37(46-35(24)29-13-11-27(22-40)12-14-29)30-17-15-28(16-18-30)33-10-6-5-8-31(33)20-38-36(42)25(2)44-26(3)41/h5-6,8,10-18,24-25,32,34-35,37,40H,7,9,19-23H2,1-4H3,(H,38,42)/t24-,25+,32+,34+,35+,37+/m1/s1. The Morgan fingerprint density at radius 2 is 1.74 bits per heavy atom. The second-order valence-corrected chi connectivity index (χ2v) is 12.3. The second-order valence-electron chi connectivity index (χ2n) is 12.3. The zero-order valence-corrected chi connectivity index (χ0v) is 27.2. The van der Waals surface area contributed by atoms with Crippen LogP contribution in [0.15, 0.2) is 72.8 Å². The van der Waals surface area contributed by atoms with Gasteiger partial charge >= 0.3 is 5.97 Å². The third-order valence-corrected chi connectivity index (χ3v) is 9.07. The molecule has 0 saturated carbocycles. The number of amides is 1. The number of rotatable bonds is 12. The number of nitrogens with one attached hydrogen (secondary N) is 1. The van der Waals surface area contributed by atoms with Crippen molar-refractivity contribution in [2.24, 2.45) is 5.92 Å². The molecule has 9 nitrogen and oxygen atoms in total. The minimum atomic E-state index is -0.862. The Bertz CT molecular complexity index is 1440. The van der Waals surface area contributed by atoms with Crippen molar-refractivity contribution >= 4 is 11.9 Å². The molecule has 5 rings (SSSR count). The summed E-state index contributed by atoms with van der Waals surface area (Å²) in [5.41, 5.74) is 5.79. The van der Waals surface area contributed by atoms with Crippen LogP contribution in [0.2, 0.25) is 0 Å². The highest BCUT2D eigenvalue weighted by Gasteiger charge is 2.40. The number of likely N-dealkylation sites (tertiary alicyclic amines) is 1. The largest absolute Gasteiger partial charge is 0.453 e. The number of benzene rings is 3. The predicted octanol–water partition coefficient (Wildman–Crippen LogP) is 5.32. The summed E-state index contributed by atoms with van der Waals surface area (Å²) in [7, 11) is 1.76. The van der Waals surface area contributed by atoms with Gasteiger partial charge in [0, 0.05) is 44.6 Å². The highest BCUT2D eigenvalue weighted by molar-refractivity contribution is 5.83. The van der Waals surface area contributed by atoms with E-state index in [4.69, 9.17) is 18.9 Å². The van der Waals surface area contributed by atoms with Crippen LogP contribution in [0.1, 0.15) is 68.3 Å². The molecule has 0 aliphatic carbocycles. The van der Waals surface area contributed by atoms with Gasteiger partial charge in [0.25, 0.3) is 5.91 Å². The normalized spacial score (nSPS) is 24.0. The Labute approximate surface area is 271 Å². The maximum absolute atomic E-state index is 12.5. The van der Waals surface area contributed by atoms with Crippen molar-refractivity contribution in [1.29, 1.82) is 0 Å². The van der Waals surface area contributed by atoms with Crippen LogP contribution < -0.4 is 5.32 Å². The van der Waals surface area contributed by atoms with E-state index in [1.165, 1.54) is 6.92 Å². The van der Waals surface area contributed by atoms with E-state index in [1.807, 2.05) is 60.7 Å². The van der Waals surface area contributed by atoms with Gasteiger partial charge in [0.2, 0.25) is 0 Å². The van der Waals surface area contributed by atoms with Crippen LogP contribution in [0, 0.1) is 5.92 Å². The molecule has 1 amide bonds. The van der Waals surface area contributed by atoms with Gasteiger partial charge in [0.15, 0.2) is 12.4 Å². The first-order chi connectivity index (χ1) is 22.3. The number of aliphatic hydroxyl groups is 1. The fourth-order valence-corrected chi connectivity index (χ4v) is 6.48. The van der Waals surface area contributed by atoms with Crippen molar-refractivity contribution < 1.29 is 33.6 Å². The van der Waals surface area contributed by atoms with E-state index in [0.717, 1.165) is 59.3 Å². The summed E-state index contributed by atoms with van der Waals surface area (Å²) in [5.74, 6) is -0.740. The minimum Gasteiger partial charge on any atom is -0.453 e. The van der Waals surface area contributed by atoms with E-state index in [9.17, 15) is 14.7 Å². The minimum absolute atomic E-state index is 0.000811. The molecule has 3 aromatic carbocycles. The van der Waals surface area contributed by atoms with Gasteiger partial charge in [-0.25, -0.2) is 0 Å².